The number of nitrogens with one attached hydrogen (secondary N) is 1. The fraction of sp³-hybridized carbons (Fsp3) is 0.478. The highest BCUT2D eigenvalue weighted by molar-refractivity contribution is 5.91. The predicted molar refractivity (Wildman–Crippen MR) is 112 cm³/mol. The smallest absolute Gasteiger partial charge is 0.251 e. The molecular weight excluding hydrogens is 366 g/mol. The Balaban J connectivity index is 1.30. The van der Waals surface area contributed by atoms with Crippen LogP contribution in [0.15, 0.2) is 42.6 Å². The number of nitrogens with zero attached hydrogens (tertiary/aromatic N) is 2. The average molecular weight is 396 g/mol. The molecule has 154 valence electrons. The SMILES string of the molecule is O=C(COC[C@H]1CCOC1)Nc1ncccc1CN1CCc2ccccc2CC1. The van der Waals surface area contributed by atoms with Gasteiger partial charge in [0, 0.05) is 43.9 Å². The number of anilines is 1. The van der Waals surface area contributed by atoms with Crippen molar-refractivity contribution in [3.05, 3.63) is 59.3 Å². The van der Waals surface area contributed by atoms with Crippen molar-refractivity contribution in [3.63, 3.8) is 0 Å². The van der Waals surface area contributed by atoms with Crippen LogP contribution in [0.3, 0.4) is 0 Å². The van der Waals surface area contributed by atoms with Crippen LogP contribution in [0.25, 0.3) is 0 Å². The van der Waals surface area contributed by atoms with Crippen LogP contribution in [0, 0.1) is 5.92 Å². The van der Waals surface area contributed by atoms with E-state index in [1.54, 1.807) is 6.20 Å². The number of carbonyl (C=O) groups excluding carboxylic acids is 1. The molecule has 2 aliphatic heterocycles. The minimum absolute atomic E-state index is 0.0472. The van der Waals surface area contributed by atoms with E-state index >= 15 is 0 Å². The van der Waals surface area contributed by atoms with E-state index in [0.717, 1.165) is 57.7 Å². The number of benzene rings is 1. The zero-order chi connectivity index (χ0) is 19.9. The van der Waals surface area contributed by atoms with E-state index in [2.05, 4.69) is 39.5 Å². The lowest BCUT2D eigenvalue weighted by Gasteiger charge is -2.21. The van der Waals surface area contributed by atoms with Gasteiger partial charge in [0.1, 0.15) is 12.4 Å². The number of hydrogen-bond donors (Lipinski definition) is 1. The summed E-state index contributed by atoms with van der Waals surface area (Å²) in [6.07, 6.45) is 4.83. The second-order valence-electron chi connectivity index (χ2n) is 7.85. The standard InChI is InChI=1S/C23H29N3O3/c27-22(17-29-16-18-9-13-28-15-18)25-23-21(6-3-10-24-23)14-26-11-7-19-4-1-2-5-20(19)8-12-26/h1-6,10,18H,7-9,11-17H2,(H,24,25,27)/t18-/m0/s1. The molecule has 1 atom stereocenters. The van der Waals surface area contributed by atoms with Crippen LogP contribution in [0.4, 0.5) is 5.82 Å². The molecule has 0 bridgehead atoms. The van der Waals surface area contributed by atoms with Gasteiger partial charge in [-0.1, -0.05) is 30.3 Å². The second-order valence-corrected chi connectivity index (χ2v) is 7.85. The predicted octanol–water partition coefficient (Wildman–Crippen LogP) is 2.67. The van der Waals surface area contributed by atoms with Crippen molar-refractivity contribution in [1.29, 1.82) is 0 Å². The summed E-state index contributed by atoms with van der Waals surface area (Å²) >= 11 is 0. The van der Waals surface area contributed by atoms with E-state index in [1.807, 2.05) is 12.1 Å². The number of ether oxygens (including phenoxy) is 2. The minimum Gasteiger partial charge on any atom is -0.381 e. The normalized spacial score (nSPS) is 19.5. The van der Waals surface area contributed by atoms with Gasteiger partial charge >= 0.3 is 0 Å². The molecule has 1 aromatic carbocycles. The Morgan fingerprint density at radius 2 is 1.97 bits per heavy atom. The lowest BCUT2D eigenvalue weighted by atomic mass is 10.0. The van der Waals surface area contributed by atoms with Gasteiger partial charge in [0.2, 0.25) is 0 Å². The number of pyridine rings is 1. The van der Waals surface area contributed by atoms with E-state index in [0.29, 0.717) is 18.3 Å². The van der Waals surface area contributed by atoms with Gasteiger partial charge in [0.25, 0.3) is 5.91 Å². The molecular formula is C23H29N3O3. The molecule has 1 aromatic heterocycles. The van der Waals surface area contributed by atoms with Crippen LogP contribution in [0.2, 0.25) is 0 Å². The van der Waals surface area contributed by atoms with Crippen molar-refractivity contribution in [1.82, 2.24) is 9.88 Å². The van der Waals surface area contributed by atoms with Gasteiger partial charge in [0.15, 0.2) is 0 Å². The van der Waals surface area contributed by atoms with E-state index < -0.39 is 0 Å². The van der Waals surface area contributed by atoms with Gasteiger partial charge in [-0.2, -0.15) is 0 Å². The third kappa shape index (κ3) is 5.63. The van der Waals surface area contributed by atoms with Crippen LogP contribution in [-0.2, 0) is 33.7 Å². The average Bonchev–Trinajstić information content (AvgIpc) is 3.17. The largest absolute Gasteiger partial charge is 0.381 e. The summed E-state index contributed by atoms with van der Waals surface area (Å²) in [7, 11) is 0. The topological polar surface area (TPSA) is 63.7 Å². The molecule has 0 unspecified atom stereocenters. The highest BCUT2D eigenvalue weighted by Gasteiger charge is 2.18. The number of rotatable bonds is 7. The first-order valence-electron chi connectivity index (χ1n) is 10.5. The maximum Gasteiger partial charge on any atom is 0.251 e. The zero-order valence-electron chi connectivity index (χ0n) is 16.8. The Bertz CT molecular complexity index is 794. The monoisotopic (exact) mass is 395 g/mol. The molecule has 0 saturated carbocycles. The summed E-state index contributed by atoms with van der Waals surface area (Å²) in [4.78, 5) is 19.1. The third-order valence-electron chi connectivity index (χ3n) is 5.67. The van der Waals surface area contributed by atoms with Gasteiger partial charge in [0.05, 0.1) is 13.2 Å². The molecule has 0 aliphatic carbocycles. The zero-order valence-corrected chi connectivity index (χ0v) is 16.8. The van der Waals surface area contributed by atoms with Gasteiger partial charge in [-0.3, -0.25) is 9.69 Å². The Morgan fingerprint density at radius 1 is 1.17 bits per heavy atom. The highest BCUT2D eigenvalue weighted by Crippen LogP contribution is 2.19. The van der Waals surface area contributed by atoms with Crippen LogP contribution in [-0.4, -0.2) is 55.3 Å². The maximum atomic E-state index is 12.3. The van der Waals surface area contributed by atoms with Crippen molar-refractivity contribution in [3.8, 4) is 0 Å². The Labute approximate surface area is 172 Å². The first-order valence-corrected chi connectivity index (χ1v) is 10.5. The molecule has 3 heterocycles. The maximum absolute atomic E-state index is 12.3. The summed E-state index contributed by atoms with van der Waals surface area (Å²) in [5.74, 6) is 0.875. The Kier molecular flexibility index (Phi) is 6.87. The molecule has 29 heavy (non-hydrogen) atoms. The van der Waals surface area contributed by atoms with Crippen molar-refractivity contribution in [2.75, 3.05) is 44.8 Å². The van der Waals surface area contributed by atoms with E-state index in [4.69, 9.17) is 9.47 Å². The van der Waals surface area contributed by atoms with Crippen molar-refractivity contribution in [2.24, 2.45) is 5.92 Å². The lowest BCUT2D eigenvalue weighted by Crippen LogP contribution is -2.27. The number of carbonyl (C=O) groups is 1. The molecule has 2 aromatic rings. The molecule has 6 heteroatoms. The van der Waals surface area contributed by atoms with Gasteiger partial charge < -0.3 is 14.8 Å². The second kappa shape index (κ2) is 9.96. The number of amides is 1. The number of aromatic nitrogens is 1. The molecule has 1 N–H and O–H groups in total. The number of fused-ring (bicyclic) bond motifs is 1. The highest BCUT2D eigenvalue weighted by atomic mass is 16.5. The Hall–Kier alpha value is -2.28. The minimum atomic E-state index is -0.160. The summed E-state index contributed by atoms with van der Waals surface area (Å²) in [5.41, 5.74) is 3.93. The molecule has 6 nitrogen and oxygen atoms in total. The quantitative estimate of drug-likeness (QED) is 0.781. The van der Waals surface area contributed by atoms with Crippen molar-refractivity contribution >= 4 is 11.7 Å². The van der Waals surface area contributed by atoms with Crippen LogP contribution < -0.4 is 5.32 Å². The molecule has 1 saturated heterocycles. The first-order chi connectivity index (χ1) is 14.3. The third-order valence-corrected chi connectivity index (χ3v) is 5.67. The fourth-order valence-electron chi connectivity index (χ4n) is 3.99. The molecule has 4 rings (SSSR count). The summed E-state index contributed by atoms with van der Waals surface area (Å²) in [6.45, 7) is 4.92. The van der Waals surface area contributed by atoms with Crippen LogP contribution in [0.5, 0.6) is 0 Å². The Morgan fingerprint density at radius 3 is 2.69 bits per heavy atom. The van der Waals surface area contributed by atoms with Gasteiger partial charge in [-0.25, -0.2) is 4.98 Å². The first kappa shape index (κ1) is 20.0. The van der Waals surface area contributed by atoms with Crippen molar-refractivity contribution in [2.45, 2.75) is 25.8 Å². The molecule has 1 amide bonds. The summed E-state index contributed by atoms with van der Waals surface area (Å²) < 4.78 is 10.9. The van der Waals surface area contributed by atoms with Gasteiger partial charge in [-0.15, -0.1) is 0 Å². The summed E-state index contributed by atoms with van der Waals surface area (Å²) in [5, 5.41) is 2.93. The van der Waals surface area contributed by atoms with E-state index in [1.165, 1.54) is 11.1 Å². The van der Waals surface area contributed by atoms with Crippen molar-refractivity contribution < 1.29 is 14.3 Å². The molecule has 1 fully saturated rings. The van der Waals surface area contributed by atoms with Crippen LogP contribution >= 0.6 is 0 Å². The molecule has 0 radical (unpaired) electrons. The molecule has 2 aliphatic rings. The lowest BCUT2D eigenvalue weighted by molar-refractivity contribution is -0.121. The van der Waals surface area contributed by atoms with E-state index in [-0.39, 0.29) is 12.5 Å². The molecule has 0 spiro atoms. The van der Waals surface area contributed by atoms with E-state index in [9.17, 15) is 4.79 Å². The summed E-state index contributed by atoms with van der Waals surface area (Å²) in [6, 6.07) is 12.7. The van der Waals surface area contributed by atoms with Crippen LogP contribution in [0.1, 0.15) is 23.1 Å². The van der Waals surface area contributed by atoms with Gasteiger partial charge in [-0.05, 0) is 36.5 Å². The fourth-order valence-corrected chi connectivity index (χ4v) is 3.99. The number of hydrogen-bond acceptors (Lipinski definition) is 5.